The minimum absolute atomic E-state index is 0.0409. The number of anilines is 1. The largest absolute Gasteiger partial charge is 0.494 e. The molecule has 2 N–H and O–H groups in total. The summed E-state index contributed by atoms with van der Waals surface area (Å²) in [7, 11) is -0.591. The van der Waals surface area contributed by atoms with E-state index in [4.69, 9.17) is 9.88 Å². The van der Waals surface area contributed by atoms with Gasteiger partial charge in [0.1, 0.15) is 0 Å². The number of carbonyl (C=O) groups excluding carboxylic acids is 1. The van der Waals surface area contributed by atoms with E-state index in [1.807, 2.05) is 0 Å². The maximum absolute atomic E-state index is 13.8. The standard InChI is InChI=1S/C19H22FN3O4S/c1-22(11-13-3-6-18(27-2)16(20)9-13)12-19(24)23-8-7-14-10-15(28(21,25)26)4-5-17(14)23/h3-6,9-10H,7-8,11-12H2,1-2H3,(H2,21,25,26). The summed E-state index contributed by atoms with van der Waals surface area (Å²) in [5, 5.41) is 5.16. The van der Waals surface area contributed by atoms with Crippen LogP contribution in [0.5, 0.6) is 5.75 Å². The van der Waals surface area contributed by atoms with Crippen LogP contribution in [0.15, 0.2) is 41.3 Å². The molecule has 1 aliphatic heterocycles. The highest BCUT2D eigenvalue weighted by Gasteiger charge is 2.26. The molecular weight excluding hydrogens is 385 g/mol. The van der Waals surface area contributed by atoms with Crippen molar-refractivity contribution >= 4 is 21.6 Å². The minimum Gasteiger partial charge on any atom is -0.494 e. The number of sulfonamides is 1. The van der Waals surface area contributed by atoms with Gasteiger partial charge in [0.25, 0.3) is 0 Å². The first kappa shape index (κ1) is 20.2. The average molecular weight is 407 g/mol. The fraction of sp³-hybridized carbons (Fsp3) is 0.316. The quantitative estimate of drug-likeness (QED) is 0.783. The van der Waals surface area contributed by atoms with Crippen molar-refractivity contribution in [2.24, 2.45) is 5.14 Å². The molecule has 1 amide bonds. The molecule has 2 aromatic carbocycles. The summed E-state index contributed by atoms with van der Waals surface area (Å²) >= 11 is 0. The van der Waals surface area contributed by atoms with Gasteiger partial charge in [-0.3, -0.25) is 9.69 Å². The fourth-order valence-electron chi connectivity index (χ4n) is 3.31. The molecule has 28 heavy (non-hydrogen) atoms. The lowest BCUT2D eigenvalue weighted by atomic mass is 10.2. The van der Waals surface area contributed by atoms with Gasteiger partial charge in [-0.25, -0.2) is 17.9 Å². The van der Waals surface area contributed by atoms with E-state index in [1.54, 1.807) is 35.0 Å². The van der Waals surface area contributed by atoms with Gasteiger partial charge in [0.2, 0.25) is 15.9 Å². The van der Waals surface area contributed by atoms with Crippen LogP contribution in [-0.4, -0.2) is 46.5 Å². The molecule has 0 radical (unpaired) electrons. The summed E-state index contributed by atoms with van der Waals surface area (Å²) in [6, 6.07) is 9.23. The van der Waals surface area contributed by atoms with Crippen molar-refractivity contribution in [2.75, 3.05) is 32.1 Å². The van der Waals surface area contributed by atoms with Crippen molar-refractivity contribution in [3.63, 3.8) is 0 Å². The van der Waals surface area contributed by atoms with Crippen molar-refractivity contribution < 1.29 is 22.3 Å². The molecule has 0 aromatic heterocycles. The van der Waals surface area contributed by atoms with Crippen LogP contribution >= 0.6 is 0 Å². The van der Waals surface area contributed by atoms with E-state index in [0.29, 0.717) is 25.2 Å². The highest BCUT2D eigenvalue weighted by Crippen LogP contribution is 2.30. The fourth-order valence-corrected chi connectivity index (χ4v) is 3.87. The number of hydrogen-bond acceptors (Lipinski definition) is 5. The number of benzene rings is 2. The average Bonchev–Trinajstić information content (AvgIpc) is 3.04. The Morgan fingerprint density at radius 3 is 2.68 bits per heavy atom. The van der Waals surface area contributed by atoms with Crippen LogP contribution in [0.3, 0.4) is 0 Å². The summed E-state index contributed by atoms with van der Waals surface area (Å²) in [5.74, 6) is -0.382. The van der Waals surface area contributed by atoms with Crippen molar-refractivity contribution in [3.05, 3.63) is 53.3 Å². The molecule has 0 bridgehead atoms. The second kappa shape index (κ2) is 7.86. The molecule has 0 atom stereocenters. The number of fused-ring (bicyclic) bond motifs is 1. The SMILES string of the molecule is COc1ccc(CN(C)CC(=O)N2CCc3cc(S(N)(=O)=O)ccc32)cc1F. The van der Waals surface area contributed by atoms with Crippen molar-refractivity contribution in [1.82, 2.24) is 4.90 Å². The van der Waals surface area contributed by atoms with E-state index < -0.39 is 15.8 Å². The van der Waals surface area contributed by atoms with Gasteiger partial charge in [-0.1, -0.05) is 6.07 Å². The normalized spacial score (nSPS) is 13.7. The summed E-state index contributed by atoms with van der Waals surface area (Å²) in [5.41, 5.74) is 2.20. The molecule has 150 valence electrons. The zero-order valence-corrected chi connectivity index (χ0v) is 16.5. The minimum atomic E-state index is -3.78. The third-order valence-corrected chi connectivity index (χ3v) is 5.56. The Labute approximate surface area is 163 Å². The van der Waals surface area contributed by atoms with Gasteiger partial charge < -0.3 is 9.64 Å². The Kier molecular flexibility index (Phi) is 5.69. The molecule has 0 saturated heterocycles. The highest BCUT2D eigenvalue weighted by atomic mass is 32.2. The number of likely N-dealkylation sites (N-methyl/N-ethyl adjacent to an activating group) is 1. The van der Waals surface area contributed by atoms with E-state index in [1.165, 1.54) is 25.3 Å². The Balaban J connectivity index is 1.67. The Bertz CT molecular complexity index is 1010. The molecule has 0 unspecified atom stereocenters. The predicted octanol–water partition coefficient (Wildman–Crippen LogP) is 1.50. The molecule has 1 aliphatic rings. The second-order valence-electron chi connectivity index (χ2n) is 6.77. The number of hydrogen-bond donors (Lipinski definition) is 1. The lowest BCUT2D eigenvalue weighted by molar-refractivity contribution is -0.119. The number of primary sulfonamides is 1. The van der Waals surface area contributed by atoms with Crippen LogP contribution in [0.2, 0.25) is 0 Å². The smallest absolute Gasteiger partial charge is 0.241 e. The number of nitrogens with two attached hydrogens (primary N) is 1. The number of halogens is 1. The Hall–Kier alpha value is -2.49. The van der Waals surface area contributed by atoms with E-state index in [-0.39, 0.29) is 23.1 Å². The number of amides is 1. The van der Waals surface area contributed by atoms with Crippen LogP contribution in [0.25, 0.3) is 0 Å². The summed E-state index contributed by atoms with van der Waals surface area (Å²) in [6.45, 7) is 1.02. The molecule has 9 heteroatoms. The van der Waals surface area contributed by atoms with Gasteiger partial charge in [0, 0.05) is 18.8 Å². The Morgan fingerprint density at radius 2 is 2.04 bits per heavy atom. The van der Waals surface area contributed by atoms with Gasteiger partial charge in [-0.2, -0.15) is 0 Å². The zero-order chi connectivity index (χ0) is 20.5. The molecule has 2 aromatic rings. The molecule has 7 nitrogen and oxygen atoms in total. The molecule has 3 rings (SSSR count). The molecule has 0 saturated carbocycles. The van der Waals surface area contributed by atoms with Gasteiger partial charge >= 0.3 is 0 Å². The molecule has 0 fully saturated rings. The molecular formula is C19H22FN3O4S. The first-order valence-electron chi connectivity index (χ1n) is 8.66. The number of rotatable bonds is 6. The predicted molar refractivity (Wildman–Crippen MR) is 103 cm³/mol. The molecule has 1 heterocycles. The summed E-state index contributed by atoms with van der Waals surface area (Å²) in [6.07, 6.45) is 0.567. The van der Waals surface area contributed by atoms with Gasteiger partial charge in [-0.15, -0.1) is 0 Å². The monoisotopic (exact) mass is 407 g/mol. The number of nitrogens with zero attached hydrogens (tertiary/aromatic N) is 2. The first-order valence-corrected chi connectivity index (χ1v) is 10.2. The van der Waals surface area contributed by atoms with Crippen LogP contribution in [0.4, 0.5) is 10.1 Å². The summed E-state index contributed by atoms with van der Waals surface area (Å²) in [4.78, 5) is 16.2. The maximum atomic E-state index is 13.8. The van der Waals surface area contributed by atoms with Gasteiger partial charge in [-0.05, 0) is 54.9 Å². The van der Waals surface area contributed by atoms with Crippen LogP contribution in [0.1, 0.15) is 11.1 Å². The second-order valence-corrected chi connectivity index (χ2v) is 8.33. The van der Waals surface area contributed by atoms with E-state index in [0.717, 1.165) is 11.1 Å². The molecule has 0 spiro atoms. The van der Waals surface area contributed by atoms with Crippen LogP contribution < -0.4 is 14.8 Å². The first-order chi connectivity index (χ1) is 13.2. The van der Waals surface area contributed by atoms with E-state index >= 15 is 0 Å². The van der Waals surface area contributed by atoms with Crippen molar-refractivity contribution in [1.29, 1.82) is 0 Å². The lowest BCUT2D eigenvalue weighted by Gasteiger charge is -2.22. The van der Waals surface area contributed by atoms with E-state index in [2.05, 4.69) is 0 Å². The maximum Gasteiger partial charge on any atom is 0.241 e. The van der Waals surface area contributed by atoms with Gasteiger partial charge in [0.15, 0.2) is 11.6 Å². The third-order valence-electron chi connectivity index (χ3n) is 4.65. The lowest BCUT2D eigenvalue weighted by Crippen LogP contribution is -2.37. The number of carbonyl (C=O) groups is 1. The van der Waals surface area contributed by atoms with Gasteiger partial charge in [0.05, 0.1) is 18.6 Å². The van der Waals surface area contributed by atoms with Crippen molar-refractivity contribution in [2.45, 2.75) is 17.9 Å². The zero-order valence-electron chi connectivity index (χ0n) is 15.7. The van der Waals surface area contributed by atoms with Crippen molar-refractivity contribution in [3.8, 4) is 5.75 Å². The number of methoxy groups -OCH3 is 1. The van der Waals surface area contributed by atoms with E-state index in [9.17, 15) is 17.6 Å². The highest BCUT2D eigenvalue weighted by molar-refractivity contribution is 7.89. The van der Waals surface area contributed by atoms with Crippen LogP contribution in [0, 0.1) is 5.82 Å². The number of ether oxygens (including phenoxy) is 1. The van der Waals surface area contributed by atoms with Crippen LogP contribution in [-0.2, 0) is 27.8 Å². The molecule has 0 aliphatic carbocycles. The Morgan fingerprint density at radius 1 is 1.29 bits per heavy atom. The third kappa shape index (κ3) is 4.32. The topological polar surface area (TPSA) is 92.9 Å². The summed E-state index contributed by atoms with van der Waals surface area (Å²) < 4.78 is 41.7.